The van der Waals surface area contributed by atoms with Gasteiger partial charge in [-0.05, 0) is 25.0 Å². The fourth-order valence-corrected chi connectivity index (χ4v) is 2.72. The molecule has 1 saturated carbocycles. The lowest BCUT2D eigenvalue weighted by atomic mass is 9.95. The standard InChI is InChI=1S/C15H17N3O2/c19-15(20)14-17-12-9-5-4-8-11(12)13(18-14)16-10-6-2-1-3-7-10/h4-5,8-10H,1-3,6-7H2,(H,19,20)(H,16,17,18)/p-1. The molecule has 0 spiro atoms. The molecule has 104 valence electrons. The van der Waals surface area contributed by atoms with Gasteiger partial charge in [0.05, 0.1) is 5.52 Å². The van der Waals surface area contributed by atoms with Crippen LogP contribution in [0.1, 0.15) is 42.7 Å². The number of carboxylic acid groups (broad SMARTS) is 1. The molecule has 0 unspecified atom stereocenters. The van der Waals surface area contributed by atoms with E-state index in [2.05, 4.69) is 15.3 Å². The van der Waals surface area contributed by atoms with Gasteiger partial charge >= 0.3 is 0 Å². The van der Waals surface area contributed by atoms with Crippen LogP contribution in [0.15, 0.2) is 24.3 Å². The summed E-state index contributed by atoms with van der Waals surface area (Å²) in [6, 6.07) is 7.78. The number of carboxylic acids is 1. The van der Waals surface area contributed by atoms with Gasteiger partial charge in [0.2, 0.25) is 0 Å². The van der Waals surface area contributed by atoms with Crippen molar-refractivity contribution in [3.8, 4) is 0 Å². The van der Waals surface area contributed by atoms with Crippen molar-refractivity contribution in [2.24, 2.45) is 0 Å². The van der Waals surface area contributed by atoms with Crippen molar-refractivity contribution in [1.29, 1.82) is 0 Å². The fourth-order valence-electron chi connectivity index (χ4n) is 2.72. The molecule has 0 saturated heterocycles. The minimum Gasteiger partial charge on any atom is -0.542 e. The quantitative estimate of drug-likeness (QED) is 0.919. The maximum atomic E-state index is 11.0. The third-order valence-corrected chi connectivity index (χ3v) is 3.73. The predicted molar refractivity (Wildman–Crippen MR) is 74.4 cm³/mol. The number of aromatic nitrogens is 2. The summed E-state index contributed by atoms with van der Waals surface area (Å²) in [4.78, 5) is 19.2. The fraction of sp³-hybridized carbons (Fsp3) is 0.400. The zero-order valence-electron chi connectivity index (χ0n) is 11.1. The number of aromatic carboxylic acids is 1. The summed E-state index contributed by atoms with van der Waals surface area (Å²) in [6.07, 6.45) is 5.87. The van der Waals surface area contributed by atoms with E-state index in [-0.39, 0.29) is 5.82 Å². The number of hydrogen-bond donors (Lipinski definition) is 1. The molecular formula is C15H16N3O2-. The maximum Gasteiger partial charge on any atom is 0.177 e. The molecule has 0 amide bonds. The van der Waals surface area contributed by atoms with Gasteiger partial charge in [-0.25, -0.2) is 9.97 Å². The molecular weight excluding hydrogens is 254 g/mol. The lowest BCUT2D eigenvalue weighted by Crippen LogP contribution is -2.27. The van der Waals surface area contributed by atoms with Crippen molar-refractivity contribution < 1.29 is 9.90 Å². The Hall–Kier alpha value is -2.17. The average Bonchev–Trinajstić information content (AvgIpc) is 2.48. The average molecular weight is 270 g/mol. The van der Waals surface area contributed by atoms with Crippen LogP contribution in [0.5, 0.6) is 0 Å². The Balaban J connectivity index is 2.00. The van der Waals surface area contributed by atoms with E-state index in [0.717, 1.165) is 18.2 Å². The molecule has 1 aromatic carbocycles. The third-order valence-electron chi connectivity index (χ3n) is 3.73. The Morgan fingerprint density at radius 1 is 1.15 bits per heavy atom. The van der Waals surface area contributed by atoms with E-state index in [1.54, 1.807) is 6.07 Å². The molecule has 20 heavy (non-hydrogen) atoms. The number of anilines is 1. The van der Waals surface area contributed by atoms with Crippen LogP contribution in [0.4, 0.5) is 5.82 Å². The Bertz CT molecular complexity index is 636. The molecule has 0 aliphatic heterocycles. The molecule has 0 bridgehead atoms. The van der Waals surface area contributed by atoms with Gasteiger partial charge in [-0.15, -0.1) is 0 Å². The van der Waals surface area contributed by atoms with Crippen molar-refractivity contribution in [3.63, 3.8) is 0 Å². The van der Waals surface area contributed by atoms with E-state index >= 15 is 0 Å². The lowest BCUT2D eigenvalue weighted by molar-refractivity contribution is -0.256. The van der Waals surface area contributed by atoms with Crippen LogP contribution < -0.4 is 10.4 Å². The second-order valence-corrected chi connectivity index (χ2v) is 5.18. The molecule has 1 N–H and O–H groups in total. The number of para-hydroxylation sites is 1. The van der Waals surface area contributed by atoms with Crippen molar-refractivity contribution in [1.82, 2.24) is 9.97 Å². The molecule has 1 aliphatic rings. The molecule has 2 aromatic rings. The second-order valence-electron chi connectivity index (χ2n) is 5.18. The molecule has 3 rings (SSSR count). The molecule has 0 atom stereocenters. The molecule has 1 heterocycles. The van der Waals surface area contributed by atoms with E-state index in [4.69, 9.17) is 0 Å². The first-order chi connectivity index (χ1) is 9.74. The first-order valence-corrected chi connectivity index (χ1v) is 6.99. The van der Waals surface area contributed by atoms with Crippen LogP contribution in [-0.4, -0.2) is 22.0 Å². The van der Waals surface area contributed by atoms with Crippen LogP contribution in [0, 0.1) is 0 Å². The van der Waals surface area contributed by atoms with Gasteiger partial charge in [-0.1, -0.05) is 31.4 Å². The van der Waals surface area contributed by atoms with Gasteiger partial charge in [-0.2, -0.15) is 0 Å². The molecule has 5 heteroatoms. The Morgan fingerprint density at radius 2 is 1.90 bits per heavy atom. The highest BCUT2D eigenvalue weighted by atomic mass is 16.4. The zero-order chi connectivity index (χ0) is 13.9. The summed E-state index contributed by atoms with van der Waals surface area (Å²) in [7, 11) is 0. The predicted octanol–water partition coefficient (Wildman–Crippen LogP) is 1.74. The van der Waals surface area contributed by atoms with Gasteiger partial charge in [0, 0.05) is 11.4 Å². The van der Waals surface area contributed by atoms with Gasteiger partial charge in [0.1, 0.15) is 11.8 Å². The number of hydrogen-bond acceptors (Lipinski definition) is 5. The lowest BCUT2D eigenvalue weighted by Gasteiger charge is -2.24. The third kappa shape index (κ3) is 2.57. The van der Waals surface area contributed by atoms with Crippen molar-refractivity contribution in [3.05, 3.63) is 30.1 Å². The summed E-state index contributed by atoms with van der Waals surface area (Å²) in [5, 5.41) is 15.3. The minimum absolute atomic E-state index is 0.262. The second kappa shape index (κ2) is 5.45. The summed E-state index contributed by atoms with van der Waals surface area (Å²) in [5.41, 5.74) is 0.625. The van der Waals surface area contributed by atoms with Crippen LogP contribution in [-0.2, 0) is 0 Å². The van der Waals surface area contributed by atoms with E-state index in [1.165, 1.54) is 19.3 Å². The number of nitrogens with one attached hydrogen (secondary N) is 1. The van der Waals surface area contributed by atoms with Crippen LogP contribution in [0.25, 0.3) is 10.9 Å². The van der Waals surface area contributed by atoms with E-state index in [9.17, 15) is 9.90 Å². The highest BCUT2D eigenvalue weighted by Gasteiger charge is 2.16. The topological polar surface area (TPSA) is 77.9 Å². The molecule has 1 aliphatic carbocycles. The van der Waals surface area contributed by atoms with Crippen LogP contribution in [0.2, 0.25) is 0 Å². The normalized spacial score (nSPS) is 16.2. The number of carbonyl (C=O) groups excluding carboxylic acids is 1. The van der Waals surface area contributed by atoms with Crippen LogP contribution >= 0.6 is 0 Å². The number of benzene rings is 1. The number of nitrogens with zero attached hydrogens (tertiary/aromatic N) is 2. The first-order valence-electron chi connectivity index (χ1n) is 6.99. The van der Waals surface area contributed by atoms with E-state index in [1.807, 2.05) is 18.2 Å². The van der Waals surface area contributed by atoms with Gasteiger partial charge in [0.15, 0.2) is 5.82 Å². The van der Waals surface area contributed by atoms with Crippen molar-refractivity contribution in [2.75, 3.05) is 5.32 Å². The molecule has 5 nitrogen and oxygen atoms in total. The highest BCUT2D eigenvalue weighted by molar-refractivity contribution is 5.93. The van der Waals surface area contributed by atoms with Crippen molar-refractivity contribution in [2.45, 2.75) is 38.1 Å². The minimum atomic E-state index is -1.34. The highest BCUT2D eigenvalue weighted by Crippen LogP contribution is 2.25. The number of carbonyl (C=O) groups is 1. The molecule has 1 aromatic heterocycles. The summed E-state index contributed by atoms with van der Waals surface area (Å²) in [5.74, 6) is -1.01. The van der Waals surface area contributed by atoms with Crippen LogP contribution in [0.3, 0.4) is 0 Å². The van der Waals surface area contributed by atoms with Gasteiger partial charge in [0.25, 0.3) is 0 Å². The van der Waals surface area contributed by atoms with E-state index < -0.39 is 5.97 Å². The number of fused-ring (bicyclic) bond motifs is 1. The summed E-state index contributed by atoms with van der Waals surface area (Å²) >= 11 is 0. The first kappa shape index (κ1) is 12.8. The SMILES string of the molecule is O=C([O-])c1nc(NC2CCCCC2)c2ccccc2n1. The Morgan fingerprint density at radius 3 is 2.65 bits per heavy atom. The van der Waals surface area contributed by atoms with Gasteiger partial charge < -0.3 is 15.2 Å². The largest absolute Gasteiger partial charge is 0.542 e. The molecule has 0 radical (unpaired) electrons. The zero-order valence-corrected chi connectivity index (χ0v) is 11.1. The van der Waals surface area contributed by atoms with Gasteiger partial charge in [-0.3, -0.25) is 0 Å². The molecule has 1 fully saturated rings. The summed E-state index contributed by atoms with van der Waals surface area (Å²) < 4.78 is 0. The monoisotopic (exact) mass is 270 g/mol. The Kier molecular flexibility index (Phi) is 3.50. The maximum absolute atomic E-state index is 11.0. The number of rotatable bonds is 3. The smallest absolute Gasteiger partial charge is 0.177 e. The van der Waals surface area contributed by atoms with Crippen molar-refractivity contribution >= 4 is 22.7 Å². The summed E-state index contributed by atoms with van der Waals surface area (Å²) in [6.45, 7) is 0. The Labute approximate surface area is 117 Å². The van der Waals surface area contributed by atoms with E-state index in [0.29, 0.717) is 17.4 Å².